The van der Waals surface area contributed by atoms with Crippen molar-refractivity contribution in [2.75, 3.05) is 6.61 Å². The average molecular weight is 412 g/mol. The lowest BCUT2D eigenvalue weighted by Gasteiger charge is -2.43. The fourth-order valence-corrected chi connectivity index (χ4v) is 1.76. The molecule has 1 N–H and O–H groups in total. The molecule has 0 amide bonds. The summed E-state index contributed by atoms with van der Waals surface area (Å²) in [7, 11) is 0. The van der Waals surface area contributed by atoms with E-state index < -0.39 is 60.5 Å². The van der Waals surface area contributed by atoms with Crippen LogP contribution < -0.4 is 0 Å². The minimum atomic E-state index is -7.34. The van der Waals surface area contributed by atoms with Crippen LogP contribution in [0, 0.1) is 5.41 Å². The quantitative estimate of drug-likeness (QED) is 0.405. The van der Waals surface area contributed by atoms with Crippen LogP contribution in [-0.4, -0.2) is 48.2 Å². The number of carbonyl (C=O) groups is 1. The van der Waals surface area contributed by atoms with E-state index in [1.807, 2.05) is 0 Å². The predicted molar refractivity (Wildman–Crippen MR) is 61.9 cm³/mol. The Bertz CT molecular complexity index is 514. The smallest absolute Gasteiger partial charge is 0.454 e. The van der Waals surface area contributed by atoms with Gasteiger partial charge in [0.15, 0.2) is 0 Å². The number of halogens is 11. The Labute approximate surface area is 138 Å². The molecule has 1 unspecified atom stereocenters. The Morgan fingerprint density at radius 1 is 0.923 bits per heavy atom. The maximum absolute atomic E-state index is 13.4. The van der Waals surface area contributed by atoms with Crippen LogP contribution in [0.15, 0.2) is 12.2 Å². The van der Waals surface area contributed by atoms with Gasteiger partial charge in [-0.05, 0) is 6.92 Å². The molecule has 1 atom stereocenters. The molecule has 0 aromatic carbocycles. The lowest BCUT2D eigenvalue weighted by Crippen LogP contribution is -2.66. The first-order valence-electron chi connectivity index (χ1n) is 6.33. The van der Waals surface area contributed by atoms with Gasteiger partial charge in [0.2, 0.25) is 5.41 Å². The Morgan fingerprint density at radius 2 is 1.31 bits per heavy atom. The van der Waals surface area contributed by atoms with Crippen molar-refractivity contribution in [2.24, 2.45) is 5.41 Å². The monoisotopic (exact) mass is 412 g/mol. The molecule has 0 saturated heterocycles. The average Bonchev–Trinajstić information content (AvgIpc) is 2.36. The maximum atomic E-state index is 13.4. The molecular weight excluding hydrogens is 401 g/mol. The van der Waals surface area contributed by atoms with Crippen LogP contribution in [-0.2, 0) is 9.53 Å². The molecule has 0 rings (SSSR count). The summed E-state index contributed by atoms with van der Waals surface area (Å²) in [5, 5.41) is 8.77. The minimum Gasteiger partial charge on any atom is -0.460 e. The highest BCUT2D eigenvalue weighted by molar-refractivity contribution is 5.87. The molecule has 14 heteroatoms. The Morgan fingerprint density at radius 3 is 1.58 bits per heavy atom. The molecule has 0 fully saturated rings. The first kappa shape index (κ1) is 24.4. The van der Waals surface area contributed by atoms with Gasteiger partial charge in [-0.25, -0.2) is 4.79 Å². The van der Waals surface area contributed by atoms with E-state index in [-0.39, 0.29) is 0 Å². The number of aliphatic hydroxyl groups is 1. The van der Waals surface area contributed by atoms with Crippen molar-refractivity contribution in [3.63, 3.8) is 0 Å². The normalized spacial score (nSPS) is 15.6. The number of hydrogen-bond acceptors (Lipinski definition) is 3. The predicted octanol–water partition coefficient (Wildman–Crippen LogP) is 4.17. The van der Waals surface area contributed by atoms with Gasteiger partial charge in [-0.3, -0.25) is 0 Å². The number of rotatable bonds is 6. The van der Waals surface area contributed by atoms with Crippen LogP contribution in [0.4, 0.5) is 48.3 Å². The number of ether oxygens (including phenoxy) is 1. The minimum absolute atomic E-state index is 0.974. The van der Waals surface area contributed by atoms with E-state index in [0.29, 0.717) is 0 Å². The summed E-state index contributed by atoms with van der Waals surface area (Å²) in [5.74, 6) is -9.45. The van der Waals surface area contributed by atoms with E-state index in [9.17, 15) is 53.1 Å². The van der Waals surface area contributed by atoms with Crippen LogP contribution in [0.5, 0.6) is 0 Å². The summed E-state index contributed by atoms with van der Waals surface area (Å²) in [6, 6.07) is 0. The van der Waals surface area contributed by atoms with E-state index in [0.717, 1.165) is 6.92 Å². The highest BCUT2D eigenvalue weighted by Crippen LogP contribution is 2.65. The zero-order valence-corrected chi connectivity index (χ0v) is 12.6. The highest BCUT2D eigenvalue weighted by Gasteiger charge is 2.88. The van der Waals surface area contributed by atoms with E-state index >= 15 is 0 Å². The second-order valence-corrected chi connectivity index (χ2v) is 5.20. The van der Waals surface area contributed by atoms with Crippen molar-refractivity contribution in [1.82, 2.24) is 0 Å². The van der Waals surface area contributed by atoms with Gasteiger partial charge >= 0.3 is 30.4 Å². The van der Waals surface area contributed by atoms with E-state index in [2.05, 4.69) is 11.3 Å². The molecule has 0 aliphatic heterocycles. The maximum Gasteiger partial charge on any atom is 0.454 e. The molecule has 0 aliphatic carbocycles. The molecular formula is C12H11F11O3. The first-order valence-corrected chi connectivity index (χ1v) is 6.33. The number of carbonyl (C=O) groups excluding carboxylic acids is 1. The molecule has 0 spiro atoms. The van der Waals surface area contributed by atoms with E-state index in [1.165, 1.54) is 0 Å². The van der Waals surface area contributed by atoms with Crippen molar-refractivity contribution in [1.29, 1.82) is 0 Å². The number of aliphatic hydroxyl groups excluding tert-OH is 1. The second-order valence-electron chi connectivity index (χ2n) is 5.20. The largest absolute Gasteiger partial charge is 0.460 e. The van der Waals surface area contributed by atoms with Gasteiger partial charge in [0.05, 0.1) is 6.10 Å². The summed E-state index contributed by atoms with van der Waals surface area (Å²) >= 11 is 0. The lowest BCUT2D eigenvalue weighted by atomic mass is 9.73. The highest BCUT2D eigenvalue weighted by atomic mass is 19.4. The molecule has 26 heavy (non-hydrogen) atoms. The van der Waals surface area contributed by atoms with E-state index in [4.69, 9.17) is 5.11 Å². The lowest BCUT2D eigenvalue weighted by molar-refractivity contribution is -0.447. The third kappa shape index (κ3) is 4.38. The third-order valence-corrected chi connectivity index (χ3v) is 3.08. The summed E-state index contributed by atoms with van der Waals surface area (Å²) in [6.07, 6.45) is -26.2. The molecule has 0 aliphatic rings. The summed E-state index contributed by atoms with van der Waals surface area (Å²) in [4.78, 5) is 11.3. The molecule has 0 aromatic heterocycles. The van der Waals surface area contributed by atoms with Gasteiger partial charge < -0.3 is 9.84 Å². The summed E-state index contributed by atoms with van der Waals surface area (Å²) < 4.78 is 145. The molecule has 154 valence electrons. The zero-order valence-electron chi connectivity index (χ0n) is 12.6. The molecule has 0 radical (unpaired) electrons. The van der Waals surface area contributed by atoms with Gasteiger partial charge in [0, 0.05) is 12.0 Å². The standard InChI is InChI=1S/C12H11F11O3/c1-5(7(25)26-4-6(2)24)3-8(10(15,16)17,11(18,19)20)9(13,14)12(21,22)23/h6,24H,1,3-4H2,2H3. The van der Waals surface area contributed by atoms with Gasteiger partial charge in [-0.2, -0.15) is 48.3 Å². The molecule has 0 saturated carbocycles. The third-order valence-electron chi connectivity index (χ3n) is 3.08. The Hall–Kier alpha value is -1.60. The molecule has 0 bridgehead atoms. The molecule has 0 heterocycles. The second kappa shape index (κ2) is 7.19. The molecule has 0 aromatic rings. The van der Waals surface area contributed by atoms with Crippen molar-refractivity contribution < 1.29 is 62.9 Å². The Kier molecular flexibility index (Phi) is 6.75. The number of hydrogen-bond donors (Lipinski definition) is 1. The van der Waals surface area contributed by atoms with Crippen LogP contribution in [0.2, 0.25) is 0 Å². The number of esters is 1. The summed E-state index contributed by atoms with van der Waals surface area (Å²) in [5.41, 5.74) is -8.61. The van der Waals surface area contributed by atoms with Crippen molar-refractivity contribution in [3.8, 4) is 0 Å². The zero-order chi connectivity index (χ0) is 21.4. The van der Waals surface area contributed by atoms with Gasteiger partial charge in [0.1, 0.15) is 6.61 Å². The van der Waals surface area contributed by atoms with Gasteiger partial charge in [0.25, 0.3) is 0 Å². The van der Waals surface area contributed by atoms with Crippen LogP contribution in [0.25, 0.3) is 0 Å². The van der Waals surface area contributed by atoms with Crippen molar-refractivity contribution >= 4 is 5.97 Å². The fourth-order valence-electron chi connectivity index (χ4n) is 1.76. The first-order chi connectivity index (χ1) is 11.2. The van der Waals surface area contributed by atoms with Crippen LogP contribution in [0.1, 0.15) is 13.3 Å². The fraction of sp³-hybridized carbons (Fsp3) is 0.750. The SMILES string of the molecule is C=C(CC(C(F)(F)F)(C(F)(F)F)C(F)(F)C(F)(F)F)C(=O)OCC(C)O. The summed E-state index contributed by atoms with van der Waals surface area (Å²) in [6.45, 7) is 2.39. The van der Waals surface area contributed by atoms with Gasteiger partial charge in [-0.1, -0.05) is 6.58 Å². The topological polar surface area (TPSA) is 46.5 Å². The van der Waals surface area contributed by atoms with Crippen molar-refractivity contribution in [2.45, 2.75) is 43.9 Å². The number of alkyl halides is 11. The Balaban J connectivity index is 6.29. The van der Waals surface area contributed by atoms with Crippen molar-refractivity contribution in [3.05, 3.63) is 12.2 Å². The van der Waals surface area contributed by atoms with E-state index in [1.54, 1.807) is 0 Å². The van der Waals surface area contributed by atoms with Crippen LogP contribution >= 0.6 is 0 Å². The van der Waals surface area contributed by atoms with Gasteiger partial charge in [-0.15, -0.1) is 0 Å². The van der Waals surface area contributed by atoms with Crippen LogP contribution in [0.3, 0.4) is 0 Å². The molecule has 3 nitrogen and oxygen atoms in total.